The van der Waals surface area contributed by atoms with Crippen LogP contribution in [0.2, 0.25) is 0 Å². The van der Waals surface area contributed by atoms with Crippen LogP contribution in [0.1, 0.15) is 48.1 Å². The summed E-state index contributed by atoms with van der Waals surface area (Å²) in [7, 11) is 1.63. The van der Waals surface area contributed by atoms with Gasteiger partial charge in [0.25, 0.3) is 11.5 Å². The molecule has 5 heteroatoms. The molecule has 3 aromatic rings. The predicted octanol–water partition coefficient (Wildman–Crippen LogP) is 4.20. The Hall–Kier alpha value is -3.08. The van der Waals surface area contributed by atoms with Crippen molar-refractivity contribution < 1.29 is 9.53 Å². The third-order valence-electron chi connectivity index (χ3n) is 4.72. The molecule has 0 aliphatic heterocycles. The molecular formula is C22H24N2O3. The van der Waals surface area contributed by atoms with Gasteiger partial charge in [0.15, 0.2) is 0 Å². The molecule has 2 N–H and O–H groups in total. The van der Waals surface area contributed by atoms with Crippen molar-refractivity contribution in [3.8, 4) is 5.75 Å². The van der Waals surface area contributed by atoms with Gasteiger partial charge >= 0.3 is 0 Å². The number of nitrogens with one attached hydrogen (secondary N) is 2. The number of pyridine rings is 1. The minimum atomic E-state index is -0.195. The van der Waals surface area contributed by atoms with Crippen molar-refractivity contribution in [3.05, 3.63) is 76.2 Å². The number of aromatic nitrogens is 1. The lowest BCUT2D eigenvalue weighted by Crippen LogP contribution is -2.29. The number of ether oxygens (including phenoxy) is 1. The molecule has 2 aromatic carbocycles. The summed E-state index contributed by atoms with van der Waals surface area (Å²) in [6.45, 7) is 2.13. The fourth-order valence-electron chi connectivity index (χ4n) is 3.20. The molecule has 0 fully saturated rings. The number of carbonyl (C=O) groups is 1. The first-order valence-corrected chi connectivity index (χ1v) is 9.19. The summed E-state index contributed by atoms with van der Waals surface area (Å²) in [5, 5.41) is 4.30. The second-order valence-electron chi connectivity index (χ2n) is 6.52. The number of amides is 1. The zero-order valence-corrected chi connectivity index (χ0v) is 15.6. The van der Waals surface area contributed by atoms with Gasteiger partial charge in [-0.1, -0.05) is 50.1 Å². The molecule has 0 bridgehead atoms. The van der Waals surface area contributed by atoms with Gasteiger partial charge in [0.1, 0.15) is 5.75 Å². The summed E-state index contributed by atoms with van der Waals surface area (Å²) in [5.41, 5.74) is 1.31. The van der Waals surface area contributed by atoms with Gasteiger partial charge in [-0.25, -0.2) is 0 Å². The molecule has 0 aliphatic carbocycles. The van der Waals surface area contributed by atoms with Crippen LogP contribution in [0.15, 0.2) is 59.5 Å². The number of hydrogen-bond acceptors (Lipinski definition) is 3. The average Bonchev–Trinajstić information content (AvgIpc) is 2.71. The second kappa shape index (κ2) is 8.54. The molecule has 3 rings (SSSR count). The van der Waals surface area contributed by atoms with E-state index in [0.29, 0.717) is 16.3 Å². The van der Waals surface area contributed by atoms with Gasteiger partial charge < -0.3 is 15.0 Å². The Kier molecular flexibility index (Phi) is 5.91. The number of aromatic amines is 1. The maximum Gasteiger partial charge on any atom is 0.255 e. The summed E-state index contributed by atoms with van der Waals surface area (Å²) in [4.78, 5) is 27.6. The first kappa shape index (κ1) is 18.7. The van der Waals surface area contributed by atoms with Crippen molar-refractivity contribution in [3.63, 3.8) is 0 Å². The summed E-state index contributed by atoms with van der Waals surface area (Å²) in [5.74, 6) is 0.588. The number of H-pyrrole nitrogens is 1. The summed E-state index contributed by atoms with van der Waals surface area (Å²) in [6, 6.07) is 14.8. The van der Waals surface area contributed by atoms with Gasteiger partial charge in [0.2, 0.25) is 0 Å². The first-order chi connectivity index (χ1) is 13.1. The van der Waals surface area contributed by atoms with E-state index in [4.69, 9.17) is 4.74 Å². The molecule has 0 unspecified atom stereocenters. The zero-order chi connectivity index (χ0) is 19.2. The number of fused-ring (bicyclic) bond motifs is 1. The lowest BCUT2D eigenvalue weighted by atomic mass is 10.00. The van der Waals surface area contributed by atoms with Crippen LogP contribution < -0.4 is 15.6 Å². The predicted molar refractivity (Wildman–Crippen MR) is 107 cm³/mol. The standard InChI is InChI=1S/C22H24N2O3/c1-3-4-9-20(15-10-12-16(27-2)13-11-15)24-22(26)19-14-23-21(25)18-8-6-5-7-17(18)19/h5-8,10-14,20H,3-4,9H2,1-2H3,(H,23,25)(H,24,26)/t20-/m0/s1. The largest absolute Gasteiger partial charge is 0.497 e. The number of unbranched alkanes of at least 4 members (excludes halogenated alkanes) is 1. The highest BCUT2D eigenvalue weighted by Crippen LogP contribution is 2.23. The van der Waals surface area contributed by atoms with E-state index in [2.05, 4.69) is 17.2 Å². The third kappa shape index (κ3) is 4.19. The fraction of sp³-hybridized carbons (Fsp3) is 0.273. The molecule has 1 heterocycles. The maximum atomic E-state index is 13.0. The van der Waals surface area contributed by atoms with Crippen LogP contribution in [0.5, 0.6) is 5.75 Å². The Balaban J connectivity index is 1.90. The van der Waals surface area contributed by atoms with Crippen LogP contribution in [-0.4, -0.2) is 18.0 Å². The highest BCUT2D eigenvalue weighted by molar-refractivity contribution is 6.06. The first-order valence-electron chi connectivity index (χ1n) is 9.19. The minimum absolute atomic E-state index is 0.103. The van der Waals surface area contributed by atoms with Crippen LogP contribution in [0.25, 0.3) is 10.8 Å². The van der Waals surface area contributed by atoms with Gasteiger partial charge in [-0.05, 0) is 30.2 Å². The summed E-state index contributed by atoms with van der Waals surface area (Å²) < 4.78 is 5.22. The van der Waals surface area contributed by atoms with Crippen molar-refractivity contribution >= 4 is 16.7 Å². The van der Waals surface area contributed by atoms with E-state index in [1.54, 1.807) is 25.3 Å². The molecular weight excluding hydrogens is 340 g/mol. The quantitative estimate of drug-likeness (QED) is 0.660. The smallest absolute Gasteiger partial charge is 0.255 e. The number of carbonyl (C=O) groups excluding carboxylic acids is 1. The van der Waals surface area contributed by atoms with Crippen LogP contribution in [-0.2, 0) is 0 Å². The van der Waals surface area contributed by atoms with Crippen LogP contribution >= 0.6 is 0 Å². The topological polar surface area (TPSA) is 71.2 Å². The summed E-state index contributed by atoms with van der Waals surface area (Å²) >= 11 is 0. The SMILES string of the molecule is CCCC[C@H](NC(=O)c1c[nH]c(=O)c2ccccc12)c1ccc(OC)cc1. The van der Waals surface area contributed by atoms with Crippen molar-refractivity contribution in [2.45, 2.75) is 32.2 Å². The monoisotopic (exact) mass is 364 g/mol. The average molecular weight is 364 g/mol. The maximum absolute atomic E-state index is 13.0. The van der Waals surface area contributed by atoms with Gasteiger partial charge in [-0.15, -0.1) is 0 Å². The Morgan fingerprint density at radius 3 is 2.48 bits per heavy atom. The van der Waals surface area contributed by atoms with Crippen molar-refractivity contribution in [1.82, 2.24) is 10.3 Å². The zero-order valence-electron chi connectivity index (χ0n) is 15.6. The van der Waals surface area contributed by atoms with E-state index >= 15 is 0 Å². The van der Waals surface area contributed by atoms with E-state index in [0.717, 1.165) is 30.6 Å². The number of rotatable bonds is 7. The van der Waals surface area contributed by atoms with Crippen molar-refractivity contribution in [2.75, 3.05) is 7.11 Å². The highest BCUT2D eigenvalue weighted by atomic mass is 16.5. The Bertz CT molecular complexity index is 977. The normalized spacial score (nSPS) is 11.9. The second-order valence-corrected chi connectivity index (χ2v) is 6.52. The number of hydrogen-bond donors (Lipinski definition) is 2. The number of methoxy groups -OCH3 is 1. The van der Waals surface area contributed by atoms with E-state index in [1.165, 1.54) is 6.20 Å². The molecule has 1 aromatic heterocycles. The highest BCUT2D eigenvalue weighted by Gasteiger charge is 2.18. The lowest BCUT2D eigenvalue weighted by molar-refractivity contribution is 0.0935. The molecule has 27 heavy (non-hydrogen) atoms. The molecule has 0 spiro atoms. The van der Waals surface area contributed by atoms with Crippen LogP contribution in [0, 0.1) is 0 Å². The summed E-state index contributed by atoms with van der Waals surface area (Å²) in [6.07, 6.45) is 4.38. The van der Waals surface area contributed by atoms with E-state index < -0.39 is 0 Å². The van der Waals surface area contributed by atoms with Gasteiger partial charge in [-0.2, -0.15) is 0 Å². The molecule has 1 atom stereocenters. The van der Waals surface area contributed by atoms with E-state index in [1.807, 2.05) is 30.3 Å². The molecule has 5 nitrogen and oxygen atoms in total. The van der Waals surface area contributed by atoms with E-state index in [-0.39, 0.29) is 17.5 Å². The van der Waals surface area contributed by atoms with Crippen LogP contribution in [0.4, 0.5) is 0 Å². The van der Waals surface area contributed by atoms with Gasteiger partial charge in [0.05, 0.1) is 18.7 Å². The Labute approximate surface area is 158 Å². The molecule has 1 amide bonds. The van der Waals surface area contributed by atoms with Gasteiger partial charge in [0, 0.05) is 17.0 Å². The molecule has 0 aliphatic rings. The Morgan fingerprint density at radius 2 is 1.81 bits per heavy atom. The fourth-order valence-corrected chi connectivity index (χ4v) is 3.20. The van der Waals surface area contributed by atoms with Gasteiger partial charge in [-0.3, -0.25) is 9.59 Å². The molecule has 0 saturated carbocycles. The molecule has 140 valence electrons. The minimum Gasteiger partial charge on any atom is -0.497 e. The third-order valence-corrected chi connectivity index (χ3v) is 4.72. The van der Waals surface area contributed by atoms with Crippen molar-refractivity contribution in [2.24, 2.45) is 0 Å². The molecule has 0 saturated heterocycles. The molecule has 0 radical (unpaired) electrons. The Morgan fingerprint density at radius 1 is 1.11 bits per heavy atom. The number of benzene rings is 2. The van der Waals surface area contributed by atoms with Crippen LogP contribution in [0.3, 0.4) is 0 Å². The lowest BCUT2D eigenvalue weighted by Gasteiger charge is -2.20. The van der Waals surface area contributed by atoms with E-state index in [9.17, 15) is 9.59 Å². The van der Waals surface area contributed by atoms with Crippen molar-refractivity contribution in [1.29, 1.82) is 0 Å².